The fourth-order valence-electron chi connectivity index (χ4n) is 3.59. The van der Waals surface area contributed by atoms with Gasteiger partial charge in [0.25, 0.3) is 5.91 Å². The number of hydrogen-bond acceptors (Lipinski definition) is 3. The number of carbonyl (C=O) groups excluding carboxylic acids is 1. The molecule has 1 amide bonds. The van der Waals surface area contributed by atoms with Gasteiger partial charge in [0.15, 0.2) is 11.5 Å². The van der Waals surface area contributed by atoms with E-state index in [0.717, 1.165) is 24.0 Å². The summed E-state index contributed by atoms with van der Waals surface area (Å²) in [5.41, 5.74) is 1.43. The highest BCUT2D eigenvalue weighted by atomic mass is 16.5. The summed E-state index contributed by atoms with van der Waals surface area (Å²) in [5, 5.41) is 4.00. The largest absolute Gasteiger partial charge is 0.493 e. The fourth-order valence-corrected chi connectivity index (χ4v) is 3.59. The Bertz CT molecular complexity index is 685. The van der Waals surface area contributed by atoms with Crippen LogP contribution in [-0.4, -0.2) is 50.8 Å². The number of benzene rings is 1. The zero-order chi connectivity index (χ0) is 17.1. The van der Waals surface area contributed by atoms with Gasteiger partial charge in [0, 0.05) is 29.8 Å². The van der Waals surface area contributed by atoms with Crippen molar-refractivity contribution in [2.75, 3.05) is 33.9 Å². The molecule has 1 aromatic carbocycles. The second-order valence-electron chi connectivity index (χ2n) is 6.29. The molecule has 1 aliphatic rings. The quantitative estimate of drug-likeness (QED) is 0.739. The maximum absolute atomic E-state index is 12.5. The third-order valence-electron chi connectivity index (χ3n) is 4.96. The van der Waals surface area contributed by atoms with E-state index in [1.807, 2.05) is 18.2 Å². The van der Waals surface area contributed by atoms with Crippen molar-refractivity contribution in [3.05, 3.63) is 23.9 Å². The van der Waals surface area contributed by atoms with Crippen LogP contribution in [0.5, 0.6) is 11.5 Å². The summed E-state index contributed by atoms with van der Waals surface area (Å²) in [7, 11) is 3.21. The van der Waals surface area contributed by atoms with Crippen LogP contribution in [0.2, 0.25) is 0 Å². The van der Waals surface area contributed by atoms with Crippen LogP contribution in [-0.2, 0) is 0 Å². The minimum Gasteiger partial charge on any atom is -0.493 e. The Balaban J connectivity index is 1.73. The second kappa shape index (κ2) is 7.13. The molecule has 3 rings (SSSR count). The number of rotatable bonds is 6. The molecule has 130 valence electrons. The van der Waals surface area contributed by atoms with Crippen LogP contribution in [0.25, 0.3) is 10.9 Å². The molecule has 1 aliphatic heterocycles. The lowest BCUT2D eigenvalue weighted by Crippen LogP contribution is -3.14. The number of ether oxygens (including phenoxy) is 2. The molecule has 0 aliphatic carbocycles. The highest BCUT2D eigenvalue weighted by molar-refractivity contribution is 5.98. The summed E-state index contributed by atoms with van der Waals surface area (Å²) in [6, 6.07) is 6.11. The number of aromatic amines is 1. The minimum atomic E-state index is -0.0634. The van der Waals surface area contributed by atoms with E-state index in [-0.39, 0.29) is 5.91 Å². The zero-order valence-electron chi connectivity index (χ0n) is 14.6. The lowest BCUT2D eigenvalue weighted by Gasteiger charge is -2.19. The summed E-state index contributed by atoms with van der Waals surface area (Å²) >= 11 is 0. The van der Waals surface area contributed by atoms with Gasteiger partial charge in [-0.2, -0.15) is 0 Å². The average molecular weight is 332 g/mol. The van der Waals surface area contributed by atoms with E-state index >= 15 is 0 Å². The van der Waals surface area contributed by atoms with Crippen molar-refractivity contribution < 1.29 is 19.2 Å². The molecule has 0 bridgehead atoms. The van der Waals surface area contributed by atoms with Gasteiger partial charge in [-0.25, -0.2) is 0 Å². The zero-order valence-corrected chi connectivity index (χ0v) is 14.6. The molecule has 0 spiro atoms. The molecule has 1 fully saturated rings. The molecule has 2 atom stereocenters. The predicted molar refractivity (Wildman–Crippen MR) is 93.1 cm³/mol. The summed E-state index contributed by atoms with van der Waals surface area (Å²) < 4.78 is 10.6. The molecule has 0 radical (unpaired) electrons. The van der Waals surface area contributed by atoms with Gasteiger partial charge in [-0.1, -0.05) is 0 Å². The molecule has 3 N–H and O–H groups in total. The number of carbonyl (C=O) groups is 1. The number of amides is 1. The van der Waals surface area contributed by atoms with Crippen molar-refractivity contribution in [1.29, 1.82) is 0 Å². The SMILES string of the molecule is CC[NH+]1CCC[C@H]1CNC(=O)c1cc2cc(OC)c(OC)cc2[nH]1. The van der Waals surface area contributed by atoms with Gasteiger partial charge in [-0.05, 0) is 19.1 Å². The highest BCUT2D eigenvalue weighted by Gasteiger charge is 2.27. The van der Waals surface area contributed by atoms with Gasteiger partial charge >= 0.3 is 0 Å². The van der Waals surface area contributed by atoms with Crippen LogP contribution in [0.4, 0.5) is 0 Å². The number of nitrogens with one attached hydrogen (secondary N) is 3. The standard InChI is InChI=1S/C18H25N3O3/c1-4-21-7-5-6-13(21)11-19-18(22)15-8-12-9-16(23-2)17(24-3)10-14(12)20-15/h8-10,13,20H,4-7,11H2,1-3H3,(H,19,22)/p+1/t13-/m0/s1. The predicted octanol–water partition coefficient (Wildman–Crippen LogP) is 0.982. The van der Waals surface area contributed by atoms with Crippen LogP contribution in [0.3, 0.4) is 0 Å². The van der Waals surface area contributed by atoms with E-state index in [0.29, 0.717) is 23.2 Å². The molecule has 24 heavy (non-hydrogen) atoms. The Morgan fingerprint density at radius 2 is 2.04 bits per heavy atom. The molecule has 1 unspecified atom stereocenters. The van der Waals surface area contributed by atoms with Gasteiger partial charge < -0.3 is 24.7 Å². The van der Waals surface area contributed by atoms with E-state index in [2.05, 4.69) is 17.2 Å². The Kier molecular flexibility index (Phi) is 4.94. The third kappa shape index (κ3) is 3.19. The van der Waals surface area contributed by atoms with Crippen molar-refractivity contribution in [3.63, 3.8) is 0 Å². The first-order valence-electron chi connectivity index (χ1n) is 8.53. The number of hydrogen-bond donors (Lipinski definition) is 3. The van der Waals surface area contributed by atoms with E-state index < -0.39 is 0 Å². The number of quaternary nitrogens is 1. The average Bonchev–Trinajstić information content (AvgIpc) is 3.23. The lowest BCUT2D eigenvalue weighted by molar-refractivity contribution is -0.909. The Morgan fingerprint density at radius 1 is 1.29 bits per heavy atom. The van der Waals surface area contributed by atoms with Crippen molar-refractivity contribution in [3.8, 4) is 11.5 Å². The number of likely N-dealkylation sites (N-methyl/N-ethyl adjacent to an activating group) is 1. The van der Waals surface area contributed by atoms with E-state index in [1.165, 1.54) is 19.4 Å². The first-order valence-corrected chi connectivity index (χ1v) is 8.53. The van der Waals surface area contributed by atoms with Crippen LogP contribution in [0.1, 0.15) is 30.3 Å². The van der Waals surface area contributed by atoms with Gasteiger partial charge in [-0.15, -0.1) is 0 Å². The topological polar surface area (TPSA) is 67.8 Å². The van der Waals surface area contributed by atoms with Crippen molar-refractivity contribution in [2.45, 2.75) is 25.8 Å². The summed E-state index contributed by atoms with van der Waals surface area (Å²) in [5.74, 6) is 1.24. The van der Waals surface area contributed by atoms with Gasteiger partial charge in [0.2, 0.25) is 0 Å². The van der Waals surface area contributed by atoms with Crippen molar-refractivity contribution >= 4 is 16.8 Å². The summed E-state index contributed by atoms with van der Waals surface area (Å²) in [4.78, 5) is 17.2. The maximum Gasteiger partial charge on any atom is 0.267 e. The van der Waals surface area contributed by atoms with Crippen LogP contribution in [0.15, 0.2) is 18.2 Å². The van der Waals surface area contributed by atoms with Crippen LogP contribution in [0, 0.1) is 0 Å². The number of methoxy groups -OCH3 is 2. The number of H-pyrrole nitrogens is 1. The lowest BCUT2D eigenvalue weighted by atomic mass is 10.2. The summed E-state index contributed by atoms with van der Waals surface area (Å²) in [6.45, 7) is 5.26. The molecule has 1 aromatic heterocycles. The highest BCUT2D eigenvalue weighted by Crippen LogP contribution is 2.32. The molecule has 6 nitrogen and oxygen atoms in total. The summed E-state index contributed by atoms with van der Waals surface area (Å²) in [6.07, 6.45) is 2.43. The molecule has 6 heteroatoms. The fraction of sp³-hybridized carbons (Fsp3) is 0.500. The first kappa shape index (κ1) is 16.6. The Morgan fingerprint density at radius 3 is 2.75 bits per heavy atom. The third-order valence-corrected chi connectivity index (χ3v) is 4.96. The molecular weight excluding hydrogens is 306 g/mol. The number of fused-ring (bicyclic) bond motifs is 1. The van der Waals surface area contributed by atoms with Crippen LogP contribution < -0.4 is 19.7 Å². The normalized spacial score (nSPS) is 20.3. The number of aromatic nitrogens is 1. The molecular formula is C18H26N3O3+. The molecule has 0 saturated carbocycles. The smallest absolute Gasteiger partial charge is 0.267 e. The maximum atomic E-state index is 12.5. The van der Waals surface area contributed by atoms with Gasteiger partial charge in [-0.3, -0.25) is 4.79 Å². The van der Waals surface area contributed by atoms with E-state index in [9.17, 15) is 4.79 Å². The van der Waals surface area contributed by atoms with E-state index in [4.69, 9.17) is 9.47 Å². The van der Waals surface area contributed by atoms with Crippen LogP contribution >= 0.6 is 0 Å². The Labute approximate surface area is 142 Å². The van der Waals surface area contributed by atoms with E-state index in [1.54, 1.807) is 19.1 Å². The minimum absolute atomic E-state index is 0.0634. The molecule has 2 aromatic rings. The molecule has 1 saturated heterocycles. The van der Waals surface area contributed by atoms with Gasteiger partial charge in [0.05, 0.1) is 33.9 Å². The first-order chi connectivity index (χ1) is 11.7. The van der Waals surface area contributed by atoms with Crippen molar-refractivity contribution in [2.24, 2.45) is 0 Å². The second-order valence-corrected chi connectivity index (χ2v) is 6.29. The van der Waals surface area contributed by atoms with Crippen molar-refractivity contribution in [1.82, 2.24) is 10.3 Å². The van der Waals surface area contributed by atoms with Gasteiger partial charge in [0.1, 0.15) is 11.7 Å². The monoisotopic (exact) mass is 332 g/mol. The number of likely N-dealkylation sites (tertiary alicyclic amines) is 1. The Hall–Kier alpha value is -2.21. The molecule has 2 heterocycles.